The van der Waals surface area contributed by atoms with Crippen molar-refractivity contribution in [2.45, 2.75) is 61.8 Å². The highest BCUT2D eigenvalue weighted by atomic mass is 79.9. The molecule has 3 aliphatic rings. The number of halogens is 1. The van der Waals surface area contributed by atoms with Gasteiger partial charge in [0.1, 0.15) is 11.6 Å². The van der Waals surface area contributed by atoms with Gasteiger partial charge in [0.15, 0.2) is 0 Å². The third-order valence-corrected chi connectivity index (χ3v) is 8.03. The maximum Gasteiger partial charge on any atom is 0.246 e. The Kier molecular flexibility index (Phi) is 6.85. The standard InChI is InChI=1S/C24H32BrN3O5/c1-13(2)9-15(12-29)28-20(22(31)27-11-14-7-5-4-6-8-14)24-10-16(25)19(33-24)17(21(30)26-3)18(24)23(28)32/h4-8,13,15-20,29H,9-12H2,1-3H3,(H,26,30)(H,27,31)/t15-,16?,17+,18+,19+,20?,24?/m1/s1. The lowest BCUT2D eigenvalue weighted by atomic mass is 9.70. The number of fused-ring (bicyclic) bond motifs is 1. The summed E-state index contributed by atoms with van der Waals surface area (Å²) in [6.45, 7) is 4.07. The van der Waals surface area contributed by atoms with Crippen LogP contribution in [0.2, 0.25) is 0 Å². The summed E-state index contributed by atoms with van der Waals surface area (Å²) in [5.74, 6) is -2.12. The number of carbonyl (C=O) groups is 3. The number of alkyl halides is 1. The van der Waals surface area contributed by atoms with Crippen molar-refractivity contribution in [1.29, 1.82) is 0 Å². The van der Waals surface area contributed by atoms with Crippen LogP contribution in [-0.4, -0.2) is 70.0 Å². The Bertz CT molecular complexity index is 913. The molecule has 3 N–H and O–H groups in total. The molecule has 9 heteroatoms. The van der Waals surface area contributed by atoms with Crippen LogP contribution in [0.25, 0.3) is 0 Å². The highest BCUT2D eigenvalue weighted by molar-refractivity contribution is 9.09. The summed E-state index contributed by atoms with van der Waals surface area (Å²) in [5.41, 5.74) is -0.173. The molecule has 3 amide bonds. The molecule has 1 spiro atoms. The van der Waals surface area contributed by atoms with Crippen molar-refractivity contribution in [3.05, 3.63) is 35.9 Å². The number of benzene rings is 1. The zero-order chi connectivity index (χ0) is 23.9. The minimum absolute atomic E-state index is 0.147. The fourth-order valence-electron chi connectivity index (χ4n) is 5.93. The predicted octanol–water partition coefficient (Wildman–Crippen LogP) is 1.20. The zero-order valence-corrected chi connectivity index (χ0v) is 20.7. The van der Waals surface area contributed by atoms with E-state index in [1.807, 2.05) is 44.2 Å². The third-order valence-electron chi connectivity index (χ3n) is 7.18. The number of ether oxygens (including phenoxy) is 1. The van der Waals surface area contributed by atoms with Gasteiger partial charge in [-0.15, -0.1) is 0 Å². The van der Waals surface area contributed by atoms with Gasteiger partial charge < -0.3 is 25.4 Å². The summed E-state index contributed by atoms with van der Waals surface area (Å²) in [7, 11) is 1.54. The molecule has 3 saturated heterocycles. The number of aliphatic hydroxyl groups is 1. The number of likely N-dealkylation sites (tertiary alicyclic amines) is 1. The van der Waals surface area contributed by atoms with E-state index in [1.165, 1.54) is 4.90 Å². The van der Waals surface area contributed by atoms with Crippen molar-refractivity contribution < 1.29 is 24.2 Å². The minimum Gasteiger partial charge on any atom is -0.394 e. The van der Waals surface area contributed by atoms with Crippen LogP contribution in [0.15, 0.2) is 30.3 Å². The van der Waals surface area contributed by atoms with Crippen LogP contribution in [0.3, 0.4) is 0 Å². The number of amides is 3. The molecular weight excluding hydrogens is 490 g/mol. The first-order valence-corrected chi connectivity index (χ1v) is 12.4. The van der Waals surface area contributed by atoms with E-state index in [1.54, 1.807) is 7.05 Å². The summed E-state index contributed by atoms with van der Waals surface area (Å²) in [6.07, 6.45) is 0.504. The van der Waals surface area contributed by atoms with E-state index < -0.39 is 35.6 Å². The number of hydrogen-bond donors (Lipinski definition) is 3. The molecule has 1 aromatic rings. The Balaban J connectivity index is 1.72. The normalized spacial score (nSPS) is 33.3. The molecule has 3 aliphatic heterocycles. The van der Waals surface area contributed by atoms with Gasteiger partial charge in [-0.1, -0.05) is 60.1 Å². The Morgan fingerprint density at radius 3 is 2.58 bits per heavy atom. The summed E-state index contributed by atoms with van der Waals surface area (Å²) in [4.78, 5) is 41.7. The molecule has 2 bridgehead atoms. The molecule has 0 radical (unpaired) electrons. The summed E-state index contributed by atoms with van der Waals surface area (Å²) >= 11 is 3.64. The van der Waals surface area contributed by atoms with Crippen molar-refractivity contribution in [3.8, 4) is 0 Å². The fraction of sp³-hybridized carbons (Fsp3) is 0.625. The maximum atomic E-state index is 13.8. The van der Waals surface area contributed by atoms with E-state index in [0.29, 0.717) is 19.4 Å². The van der Waals surface area contributed by atoms with Gasteiger partial charge in [-0.2, -0.15) is 0 Å². The molecular formula is C24H32BrN3O5. The van der Waals surface area contributed by atoms with Gasteiger partial charge in [0.25, 0.3) is 0 Å². The first-order chi connectivity index (χ1) is 15.7. The smallest absolute Gasteiger partial charge is 0.246 e. The van der Waals surface area contributed by atoms with Crippen LogP contribution in [0, 0.1) is 17.8 Å². The first-order valence-electron chi connectivity index (χ1n) is 11.5. The van der Waals surface area contributed by atoms with E-state index in [4.69, 9.17) is 4.74 Å². The van der Waals surface area contributed by atoms with Crippen molar-refractivity contribution in [1.82, 2.24) is 15.5 Å². The van der Waals surface area contributed by atoms with E-state index >= 15 is 0 Å². The van der Waals surface area contributed by atoms with E-state index in [2.05, 4.69) is 26.6 Å². The highest BCUT2D eigenvalue weighted by Gasteiger charge is 2.76. The lowest BCUT2D eigenvalue weighted by Gasteiger charge is -2.37. The van der Waals surface area contributed by atoms with Crippen molar-refractivity contribution in [2.75, 3.05) is 13.7 Å². The summed E-state index contributed by atoms with van der Waals surface area (Å²) in [6, 6.07) is 8.09. The molecule has 7 atom stereocenters. The molecule has 0 aliphatic carbocycles. The Morgan fingerprint density at radius 2 is 1.97 bits per heavy atom. The molecule has 180 valence electrons. The molecule has 0 saturated carbocycles. The number of carbonyl (C=O) groups excluding carboxylic acids is 3. The van der Waals surface area contributed by atoms with Crippen molar-refractivity contribution in [2.24, 2.45) is 17.8 Å². The minimum atomic E-state index is -1.11. The zero-order valence-electron chi connectivity index (χ0n) is 19.2. The highest BCUT2D eigenvalue weighted by Crippen LogP contribution is 2.60. The van der Waals surface area contributed by atoms with Crippen molar-refractivity contribution >= 4 is 33.7 Å². The van der Waals surface area contributed by atoms with Crippen LogP contribution in [-0.2, 0) is 25.7 Å². The van der Waals surface area contributed by atoms with E-state index in [0.717, 1.165) is 5.56 Å². The van der Waals surface area contributed by atoms with Gasteiger partial charge in [-0.05, 0) is 24.3 Å². The molecule has 3 heterocycles. The fourth-order valence-corrected chi connectivity index (χ4v) is 6.87. The maximum absolute atomic E-state index is 13.8. The van der Waals surface area contributed by atoms with Crippen molar-refractivity contribution in [3.63, 3.8) is 0 Å². The molecule has 1 aromatic carbocycles. The van der Waals surface area contributed by atoms with Crippen LogP contribution in [0.5, 0.6) is 0 Å². The Morgan fingerprint density at radius 1 is 1.27 bits per heavy atom. The Hall–Kier alpha value is -1.97. The largest absolute Gasteiger partial charge is 0.394 e. The average molecular weight is 522 g/mol. The van der Waals surface area contributed by atoms with Gasteiger partial charge in [0.2, 0.25) is 17.7 Å². The molecule has 8 nitrogen and oxygen atoms in total. The quantitative estimate of drug-likeness (QED) is 0.445. The monoisotopic (exact) mass is 521 g/mol. The lowest BCUT2D eigenvalue weighted by Crippen LogP contribution is -2.58. The molecule has 0 aromatic heterocycles. The first kappa shape index (κ1) is 24.2. The van der Waals surface area contributed by atoms with Gasteiger partial charge in [0.05, 0.1) is 30.6 Å². The van der Waals surface area contributed by atoms with Gasteiger partial charge in [-0.25, -0.2) is 0 Å². The number of hydrogen-bond acceptors (Lipinski definition) is 5. The second kappa shape index (κ2) is 9.35. The summed E-state index contributed by atoms with van der Waals surface area (Å²) < 4.78 is 6.41. The van der Waals surface area contributed by atoms with Gasteiger partial charge >= 0.3 is 0 Å². The molecule has 33 heavy (non-hydrogen) atoms. The SMILES string of the molecule is CNC(=O)[C@H]1[C@H]2C(=O)N([C@@H](CO)CC(C)C)C(C(=O)NCc3ccccc3)C23CC(Br)[C@@H]1O3. The van der Waals surface area contributed by atoms with Crippen LogP contribution < -0.4 is 10.6 Å². The number of rotatable bonds is 8. The predicted molar refractivity (Wildman–Crippen MR) is 125 cm³/mol. The molecule has 4 rings (SSSR count). The number of nitrogens with one attached hydrogen (secondary N) is 2. The Labute approximate surface area is 202 Å². The van der Waals surface area contributed by atoms with Gasteiger partial charge in [-0.3, -0.25) is 14.4 Å². The van der Waals surface area contributed by atoms with Crippen LogP contribution >= 0.6 is 15.9 Å². The third kappa shape index (κ3) is 3.98. The van der Waals surface area contributed by atoms with Crippen LogP contribution in [0.1, 0.15) is 32.3 Å². The average Bonchev–Trinajstić information content (AvgIpc) is 3.39. The lowest BCUT2D eigenvalue weighted by molar-refractivity contribution is -0.146. The number of aliphatic hydroxyl groups excluding tert-OH is 1. The molecule has 3 fully saturated rings. The van der Waals surface area contributed by atoms with Gasteiger partial charge in [0, 0.05) is 18.4 Å². The second-order valence-electron chi connectivity index (χ2n) is 9.69. The number of nitrogens with zero attached hydrogens (tertiary/aromatic N) is 1. The summed E-state index contributed by atoms with van der Waals surface area (Å²) in [5, 5.41) is 15.8. The van der Waals surface area contributed by atoms with E-state index in [9.17, 15) is 19.5 Å². The molecule has 3 unspecified atom stereocenters. The van der Waals surface area contributed by atoms with E-state index in [-0.39, 0.29) is 35.1 Å². The van der Waals surface area contributed by atoms with Crippen LogP contribution in [0.4, 0.5) is 0 Å². The topological polar surface area (TPSA) is 108 Å². The second-order valence-corrected chi connectivity index (χ2v) is 10.9.